The van der Waals surface area contributed by atoms with Crippen molar-refractivity contribution in [1.29, 1.82) is 0 Å². The minimum absolute atomic E-state index is 0.120. The molecular formula is C43H51N9O4. The minimum atomic E-state index is -0.598. The number of pyridine rings is 1. The number of nitrogens with zero attached hydrogens (tertiary/aromatic N) is 6. The first-order chi connectivity index (χ1) is 27.3. The number of H-pyrrole nitrogens is 1. The summed E-state index contributed by atoms with van der Waals surface area (Å²) in [4.78, 5) is 70.3. The normalized spacial score (nSPS) is 22.9. The standard InChI is InChI=1S/C43H51N9O4/c1-48-15-3-6-37(48)35-22-31-24-44-39(23-34(31)45-35)46-41(54)30-9-7-28(8-10-30)25-49-18-20-50(21-19-49)26-29-13-16-51(17-14-29)36-5-2-4-32-33(36)27-52(43(32)56)38-11-12-40(53)47-42(38)55/h2,4-5,7-10,22-24,29,37-38,45H,3,6,11-21,25-27H2,1H3,(H,44,46,54)(H,47,53,55)/t37-,38?/m1/s1. The van der Waals surface area contributed by atoms with Crippen molar-refractivity contribution in [2.45, 2.75) is 63.7 Å². The van der Waals surface area contributed by atoms with Crippen LogP contribution in [0.25, 0.3) is 10.9 Å². The number of piperidine rings is 2. The first-order valence-electron chi connectivity index (χ1n) is 20.3. The molecule has 2 atom stereocenters. The summed E-state index contributed by atoms with van der Waals surface area (Å²) in [5.74, 6) is 0.247. The van der Waals surface area contributed by atoms with Crippen molar-refractivity contribution < 1.29 is 19.2 Å². The van der Waals surface area contributed by atoms with Gasteiger partial charge < -0.3 is 25.0 Å². The molecule has 4 aromatic rings. The summed E-state index contributed by atoms with van der Waals surface area (Å²) in [6, 6.07) is 17.8. The van der Waals surface area contributed by atoms with Gasteiger partial charge in [-0.2, -0.15) is 0 Å². The molecule has 1 unspecified atom stereocenters. The van der Waals surface area contributed by atoms with Gasteiger partial charge in [-0.05, 0) is 87.5 Å². The maximum atomic E-state index is 13.3. The number of anilines is 2. The lowest BCUT2D eigenvalue weighted by molar-refractivity contribution is -0.136. The van der Waals surface area contributed by atoms with Crippen molar-refractivity contribution in [3.05, 3.63) is 88.7 Å². The zero-order chi connectivity index (χ0) is 38.3. The maximum absolute atomic E-state index is 13.3. The summed E-state index contributed by atoms with van der Waals surface area (Å²) in [5.41, 5.74) is 6.78. The van der Waals surface area contributed by atoms with Crippen LogP contribution in [0.15, 0.2) is 60.8 Å². The summed E-state index contributed by atoms with van der Waals surface area (Å²) >= 11 is 0. The van der Waals surface area contributed by atoms with Crippen LogP contribution >= 0.6 is 0 Å². The molecule has 9 rings (SSSR count). The summed E-state index contributed by atoms with van der Waals surface area (Å²) in [7, 11) is 2.17. The third-order valence-electron chi connectivity index (χ3n) is 12.8. The summed E-state index contributed by atoms with van der Waals surface area (Å²) in [5, 5.41) is 6.44. The van der Waals surface area contributed by atoms with E-state index in [1.807, 2.05) is 36.5 Å². The van der Waals surface area contributed by atoms with Crippen LogP contribution in [0.4, 0.5) is 11.5 Å². The van der Waals surface area contributed by atoms with Crippen LogP contribution in [0.2, 0.25) is 0 Å². The van der Waals surface area contributed by atoms with Crippen LogP contribution in [0, 0.1) is 5.92 Å². The fraction of sp³-hybridized carbons (Fsp3) is 0.465. The number of rotatable bonds is 9. The van der Waals surface area contributed by atoms with Crippen molar-refractivity contribution >= 4 is 46.0 Å². The zero-order valence-electron chi connectivity index (χ0n) is 32.1. The lowest BCUT2D eigenvalue weighted by Crippen LogP contribution is -2.52. The first-order valence-corrected chi connectivity index (χ1v) is 20.3. The van der Waals surface area contributed by atoms with E-state index in [9.17, 15) is 19.2 Å². The fourth-order valence-corrected chi connectivity index (χ4v) is 9.52. The molecule has 7 heterocycles. The van der Waals surface area contributed by atoms with Gasteiger partial charge in [-0.3, -0.25) is 34.3 Å². The predicted octanol–water partition coefficient (Wildman–Crippen LogP) is 4.38. The largest absolute Gasteiger partial charge is 0.371 e. The van der Waals surface area contributed by atoms with Crippen LogP contribution in [0.1, 0.15) is 82.1 Å². The SMILES string of the molecule is CN1CCC[C@@H]1c1cc2cnc(NC(=O)c3ccc(CN4CCN(CC5CCN(c6cccc7c6CN(C6CCC(=O)NC6=O)C7=O)CC5)CC4)cc3)cc2[nH]1. The van der Waals surface area contributed by atoms with Crippen LogP contribution in [-0.2, 0) is 22.7 Å². The van der Waals surface area contributed by atoms with Crippen molar-refractivity contribution in [2.75, 3.05) is 69.6 Å². The van der Waals surface area contributed by atoms with E-state index in [0.29, 0.717) is 41.9 Å². The van der Waals surface area contributed by atoms with Crippen LogP contribution in [0.3, 0.4) is 0 Å². The Morgan fingerprint density at radius 2 is 1.66 bits per heavy atom. The predicted molar refractivity (Wildman–Crippen MR) is 214 cm³/mol. The van der Waals surface area contributed by atoms with E-state index >= 15 is 0 Å². The highest BCUT2D eigenvalue weighted by Gasteiger charge is 2.40. The number of nitrogens with one attached hydrogen (secondary N) is 3. The van der Waals surface area contributed by atoms with Gasteiger partial charge in [0.2, 0.25) is 11.8 Å². The van der Waals surface area contributed by atoms with Gasteiger partial charge in [0.15, 0.2) is 0 Å². The average molecular weight is 758 g/mol. The molecule has 5 aliphatic rings. The first kappa shape index (κ1) is 36.5. The molecule has 56 heavy (non-hydrogen) atoms. The molecule has 0 radical (unpaired) electrons. The molecule has 0 saturated carbocycles. The Kier molecular flexibility index (Phi) is 10.1. The Balaban J connectivity index is 0.721. The van der Waals surface area contributed by atoms with Gasteiger partial charge in [0, 0.05) is 117 Å². The van der Waals surface area contributed by atoms with E-state index < -0.39 is 6.04 Å². The van der Waals surface area contributed by atoms with E-state index in [-0.39, 0.29) is 30.0 Å². The number of imide groups is 1. The number of carbonyl (C=O) groups is 4. The minimum Gasteiger partial charge on any atom is -0.371 e. The third kappa shape index (κ3) is 7.42. The van der Waals surface area contributed by atoms with E-state index in [4.69, 9.17) is 0 Å². The van der Waals surface area contributed by atoms with E-state index in [1.165, 1.54) is 17.7 Å². The number of benzene rings is 2. The Bertz CT molecular complexity index is 2130. The summed E-state index contributed by atoms with van der Waals surface area (Å²) in [6.45, 7) is 9.49. The molecule has 4 fully saturated rings. The smallest absolute Gasteiger partial charge is 0.256 e. The van der Waals surface area contributed by atoms with Crippen molar-refractivity contribution in [2.24, 2.45) is 5.92 Å². The molecule has 0 aliphatic carbocycles. The van der Waals surface area contributed by atoms with Crippen molar-refractivity contribution in [3.8, 4) is 0 Å². The van der Waals surface area contributed by atoms with Gasteiger partial charge in [-0.1, -0.05) is 18.2 Å². The van der Waals surface area contributed by atoms with Gasteiger partial charge in [0.25, 0.3) is 11.8 Å². The fourth-order valence-electron chi connectivity index (χ4n) is 9.52. The third-order valence-corrected chi connectivity index (χ3v) is 12.8. The van der Waals surface area contributed by atoms with Crippen LogP contribution < -0.4 is 15.5 Å². The van der Waals surface area contributed by atoms with Gasteiger partial charge >= 0.3 is 0 Å². The summed E-state index contributed by atoms with van der Waals surface area (Å²) in [6.07, 6.45) is 7.02. The number of fused-ring (bicyclic) bond motifs is 2. The Labute approximate surface area is 327 Å². The second kappa shape index (κ2) is 15.4. The quantitative estimate of drug-likeness (QED) is 0.213. The Morgan fingerprint density at radius 1 is 0.875 bits per heavy atom. The van der Waals surface area contributed by atoms with E-state index in [2.05, 4.69) is 71.5 Å². The average Bonchev–Trinajstić information content (AvgIpc) is 3.92. The van der Waals surface area contributed by atoms with Crippen LogP contribution in [-0.4, -0.2) is 119 Å². The monoisotopic (exact) mass is 757 g/mol. The molecule has 0 bridgehead atoms. The maximum Gasteiger partial charge on any atom is 0.256 e. The number of hydrogen-bond donors (Lipinski definition) is 3. The number of likely N-dealkylation sites (tertiary alicyclic amines) is 1. The van der Waals surface area contributed by atoms with Gasteiger partial charge in [0.05, 0.1) is 5.52 Å². The number of piperazine rings is 1. The number of hydrogen-bond acceptors (Lipinski definition) is 9. The number of amides is 4. The molecular weight excluding hydrogens is 707 g/mol. The van der Waals surface area contributed by atoms with Crippen molar-refractivity contribution in [3.63, 3.8) is 0 Å². The number of carbonyl (C=O) groups excluding carboxylic acids is 4. The molecule has 3 N–H and O–H groups in total. The van der Waals surface area contributed by atoms with Crippen molar-refractivity contribution in [1.82, 2.24) is 34.9 Å². The topological polar surface area (TPSA) is 137 Å². The molecule has 2 aromatic heterocycles. The molecule has 5 aliphatic heterocycles. The van der Waals surface area contributed by atoms with E-state index in [1.54, 1.807) is 4.90 Å². The second-order valence-corrected chi connectivity index (χ2v) is 16.4. The Hall–Kier alpha value is -5.11. The highest BCUT2D eigenvalue weighted by molar-refractivity contribution is 6.06. The number of aromatic nitrogens is 2. The number of aromatic amines is 1. The van der Waals surface area contributed by atoms with Crippen LogP contribution in [0.5, 0.6) is 0 Å². The zero-order valence-corrected chi connectivity index (χ0v) is 32.1. The molecule has 4 saturated heterocycles. The molecule has 13 heteroatoms. The second-order valence-electron chi connectivity index (χ2n) is 16.4. The molecule has 292 valence electrons. The van der Waals surface area contributed by atoms with Gasteiger partial charge in [-0.25, -0.2) is 4.98 Å². The summed E-state index contributed by atoms with van der Waals surface area (Å²) < 4.78 is 0. The highest BCUT2D eigenvalue weighted by Crippen LogP contribution is 2.36. The molecule has 0 spiro atoms. The Morgan fingerprint density at radius 3 is 2.41 bits per heavy atom. The van der Waals surface area contributed by atoms with Gasteiger partial charge in [-0.15, -0.1) is 0 Å². The lowest BCUT2D eigenvalue weighted by Gasteiger charge is -2.39. The molecule has 13 nitrogen and oxygen atoms in total. The lowest BCUT2D eigenvalue weighted by atomic mass is 9.94. The van der Waals surface area contributed by atoms with E-state index in [0.717, 1.165) is 100 Å². The van der Waals surface area contributed by atoms with Gasteiger partial charge in [0.1, 0.15) is 11.9 Å². The molecule has 2 aromatic carbocycles. The molecule has 4 amide bonds. The highest BCUT2D eigenvalue weighted by atomic mass is 16.2.